The van der Waals surface area contributed by atoms with Gasteiger partial charge in [0.1, 0.15) is 23.1 Å². The van der Waals surface area contributed by atoms with E-state index >= 15 is 0 Å². The van der Waals surface area contributed by atoms with Crippen LogP contribution in [0.1, 0.15) is 16.7 Å². The Kier molecular flexibility index (Phi) is 6.66. The van der Waals surface area contributed by atoms with Crippen LogP contribution in [-0.4, -0.2) is 21.6 Å². The van der Waals surface area contributed by atoms with E-state index in [1.807, 2.05) is 19.1 Å². The topological polar surface area (TPSA) is 73.9 Å². The first kappa shape index (κ1) is 22.5. The predicted molar refractivity (Wildman–Crippen MR) is 118 cm³/mol. The van der Waals surface area contributed by atoms with Gasteiger partial charge in [0.05, 0.1) is 16.5 Å². The van der Waals surface area contributed by atoms with E-state index in [4.69, 9.17) is 25.4 Å². The minimum Gasteiger partial charge on any atom is -0.493 e. The molecule has 0 saturated heterocycles. The molecule has 0 saturated carbocycles. The zero-order valence-corrected chi connectivity index (χ0v) is 18.8. The Balaban J connectivity index is 1.43. The highest BCUT2D eigenvalue weighted by atomic mass is 35.5. The van der Waals surface area contributed by atoms with Crippen LogP contribution in [0.5, 0.6) is 17.2 Å². The Bertz CT molecular complexity index is 1230. The summed E-state index contributed by atoms with van der Waals surface area (Å²) >= 11 is 5.95. The number of rotatable bonds is 8. The summed E-state index contributed by atoms with van der Waals surface area (Å²) in [5.74, 6) is 1.18. The number of benzene rings is 3. The minimum atomic E-state index is -3.96. The van der Waals surface area contributed by atoms with E-state index in [9.17, 15) is 12.8 Å². The van der Waals surface area contributed by atoms with E-state index in [-0.39, 0.29) is 22.9 Å². The van der Waals surface area contributed by atoms with Gasteiger partial charge in [-0.2, -0.15) is 18.2 Å². The number of hydrogen-bond donors (Lipinski definition) is 1. The van der Waals surface area contributed by atoms with E-state index in [2.05, 4.69) is 5.48 Å². The van der Waals surface area contributed by atoms with Crippen LogP contribution in [0.3, 0.4) is 0 Å². The molecule has 0 amide bonds. The zero-order chi connectivity index (χ0) is 22.7. The second kappa shape index (κ2) is 9.46. The molecule has 1 N–H and O–H groups in total. The summed E-state index contributed by atoms with van der Waals surface area (Å²) in [6.45, 7) is 2.58. The van der Waals surface area contributed by atoms with Crippen molar-refractivity contribution in [3.05, 3.63) is 82.1 Å². The van der Waals surface area contributed by atoms with Crippen molar-refractivity contribution in [3.63, 3.8) is 0 Å². The highest BCUT2D eigenvalue weighted by molar-refractivity contribution is 7.86. The van der Waals surface area contributed by atoms with E-state index in [0.717, 1.165) is 23.3 Å². The number of ether oxygens (including phenoxy) is 2. The minimum absolute atomic E-state index is 0.0396. The molecule has 6 nitrogen and oxygen atoms in total. The molecular formula is C23H21ClFNO5S. The highest BCUT2D eigenvalue weighted by Gasteiger charge is 2.17. The van der Waals surface area contributed by atoms with Gasteiger partial charge in [0.25, 0.3) is 0 Å². The van der Waals surface area contributed by atoms with Gasteiger partial charge in [-0.3, -0.25) is 0 Å². The molecule has 0 radical (unpaired) electrons. The van der Waals surface area contributed by atoms with Crippen molar-refractivity contribution >= 4 is 21.7 Å². The fourth-order valence-corrected chi connectivity index (χ4v) is 4.23. The molecule has 0 spiro atoms. The number of nitrogens with one attached hydrogen (secondary N) is 1. The zero-order valence-electron chi connectivity index (χ0n) is 17.2. The number of fused-ring (bicyclic) bond motifs is 1. The second-order valence-corrected chi connectivity index (χ2v) is 9.29. The Morgan fingerprint density at radius 1 is 1.12 bits per heavy atom. The second-order valence-electron chi connectivity index (χ2n) is 7.34. The highest BCUT2D eigenvalue weighted by Crippen LogP contribution is 2.34. The van der Waals surface area contributed by atoms with Crippen LogP contribution in [-0.2, 0) is 27.2 Å². The lowest BCUT2D eigenvalue weighted by Crippen LogP contribution is -2.22. The Morgan fingerprint density at radius 3 is 2.69 bits per heavy atom. The van der Waals surface area contributed by atoms with Crippen LogP contribution < -0.4 is 15.0 Å². The summed E-state index contributed by atoms with van der Waals surface area (Å²) in [4.78, 5) is 0.0396. The standard InChI is InChI=1S/C23H21ClFNO5S/c1-15-2-5-19(6-3-15)32(27,28)31-26-10-8-16-13-21(25)20(24)14-23(16)30-18-4-7-22-17(12-18)9-11-29-22/h2-7,12-14,26H,8-11H2,1H3. The van der Waals surface area contributed by atoms with Gasteiger partial charge in [-0.05, 0) is 55.3 Å². The lowest BCUT2D eigenvalue weighted by molar-refractivity contribution is 0.205. The third kappa shape index (κ3) is 5.21. The molecule has 9 heteroatoms. The largest absolute Gasteiger partial charge is 0.493 e. The fraction of sp³-hybridized carbons (Fsp3) is 0.217. The normalized spacial score (nSPS) is 13.0. The molecule has 3 aromatic carbocycles. The molecule has 1 heterocycles. The number of aryl methyl sites for hydroxylation is 1. The van der Waals surface area contributed by atoms with E-state index in [0.29, 0.717) is 23.7 Å². The average molecular weight is 478 g/mol. The molecule has 32 heavy (non-hydrogen) atoms. The molecule has 4 rings (SSSR count). The van der Waals surface area contributed by atoms with Gasteiger partial charge in [0, 0.05) is 24.6 Å². The molecular weight excluding hydrogens is 457 g/mol. The van der Waals surface area contributed by atoms with E-state index in [1.54, 1.807) is 18.2 Å². The van der Waals surface area contributed by atoms with Gasteiger partial charge >= 0.3 is 10.1 Å². The van der Waals surface area contributed by atoms with Crippen molar-refractivity contribution in [2.45, 2.75) is 24.7 Å². The Hall–Kier alpha value is -2.65. The van der Waals surface area contributed by atoms with Gasteiger partial charge in [-0.15, -0.1) is 0 Å². The summed E-state index contributed by atoms with van der Waals surface area (Å²) in [5.41, 5.74) is 4.91. The van der Waals surface area contributed by atoms with Crippen LogP contribution in [0.4, 0.5) is 4.39 Å². The molecule has 1 aliphatic rings. The monoisotopic (exact) mass is 477 g/mol. The fourth-order valence-electron chi connectivity index (χ4n) is 3.27. The molecule has 0 atom stereocenters. The lowest BCUT2D eigenvalue weighted by Gasteiger charge is -2.13. The van der Waals surface area contributed by atoms with Crippen molar-refractivity contribution in [3.8, 4) is 17.2 Å². The summed E-state index contributed by atoms with van der Waals surface area (Å²) < 4.78 is 54.9. The predicted octanol–water partition coefficient (Wildman–Crippen LogP) is 4.97. The maximum absolute atomic E-state index is 14.1. The van der Waals surface area contributed by atoms with Crippen LogP contribution >= 0.6 is 11.6 Å². The number of hydrogen-bond acceptors (Lipinski definition) is 6. The van der Waals surface area contributed by atoms with Crippen LogP contribution in [0, 0.1) is 12.7 Å². The van der Waals surface area contributed by atoms with Crippen molar-refractivity contribution in [1.82, 2.24) is 5.48 Å². The Labute approximate surface area is 191 Å². The molecule has 0 bridgehead atoms. The third-order valence-corrected chi connectivity index (χ3v) is 6.44. The lowest BCUT2D eigenvalue weighted by atomic mass is 10.1. The van der Waals surface area contributed by atoms with Crippen molar-refractivity contribution in [1.29, 1.82) is 0 Å². The number of hydroxylamine groups is 1. The van der Waals surface area contributed by atoms with Gasteiger partial charge in [-0.1, -0.05) is 29.3 Å². The van der Waals surface area contributed by atoms with Crippen LogP contribution in [0.15, 0.2) is 59.5 Å². The maximum atomic E-state index is 14.1. The SMILES string of the molecule is Cc1ccc(S(=O)(=O)ONCCc2cc(F)c(Cl)cc2Oc2ccc3c(c2)CCO3)cc1. The van der Waals surface area contributed by atoms with Crippen LogP contribution in [0.2, 0.25) is 5.02 Å². The Morgan fingerprint density at radius 2 is 1.91 bits per heavy atom. The average Bonchev–Trinajstić information content (AvgIpc) is 3.22. The molecule has 0 aliphatic carbocycles. The molecule has 3 aromatic rings. The maximum Gasteiger partial charge on any atom is 0.312 e. The summed E-state index contributed by atoms with van der Waals surface area (Å²) in [7, 11) is -3.96. The molecule has 168 valence electrons. The first-order chi connectivity index (χ1) is 15.3. The third-order valence-electron chi connectivity index (χ3n) is 4.97. The van der Waals surface area contributed by atoms with Gasteiger partial charge in [0.15, 0.2) is 0 Å². The first-order valence-corrected chi connectivity index (χ1v) is 11.7. The van der Waals surface area contributed by atoms with Gasteiger partial charge in [-0.25, -0.2) is 4.39 Å². The summed E-state index contributed by atoms with van der Waals surface area (Å²) in [6.07, 6.45) is 1.03. The first-order valence-electron chi connectivity index (χ1n) is 9.96. The summed E-state index contributed by atoms with van der Waals surface area (Å²) in [5, 5.41) is -0.0700. The molecule has 0 aromatic heterocycles. The smallest absolute Gasteiger partial charge is 0.312 e. The molecule has 0 unspecified atom stereocenters. The van der Waals surface area contributed by atoms with E-state index in [1.165, 1.54) is 24.3 Å². The number of halogens is 2. The van der Waals surface area contributed by atoms with Crippen LogP contribution in [0.25, 0.3) is 0 Å². The van der Waals surface area contributed by atoms with Crippen molar-refractivity contribution in [2.24, 2.45) is 0 Å². The van der Waals surface area contributed by atoms with Crippen molar-refractivity contribution in [2.75, 3.05) is 13.2 Å². The molecule has 0 fully saturated rings. The van der Waals surface area contributed by atoms with E-state index < -0.39 is 15.9 Å². The van der Waals surface area contributed by atoms with Crippen molar-refractivity contribution < 1.29 is 26.6 Å². The summed E-state index contributed by atoms with van der Waals surface area (Å²) in [6, 6.07) is 14.4. The molecule has 1 aliphatic heterocycles. The van der Waals surface area contributed by atoms with Gasteiger partial charge < -0.3 is 9.47 Å². The van der Waals surface area contributed by atoms with Gasteiger partial charge in [0.2, 0.25) is 0 Å². The quantitative estimate of drug-likeness (QED) is 0.365.